The molecule has 1 aromatic heterocycles. The molecule has 0 N–H and O–H groups in total. The second kappa shape index (κ2) is 4.73. The molecular weight excluding hydrogens is 292 g/mol. The van der Waals surface area contributed by atoms with E-state index in [0.717, 1.165) is 19.3 Å². The number of carbonyl (C=O) groups excluding carboxylic acids is 1. The zero-order valence-corrected chi connectivity index (χ0v) is 11.4. The monoisotopic (exact) mass is 304 g/mol. The van der Waals surface area contributed by atoms with E-state index >= 15 is 0 Å². The van der Waals surface area contributed by atoms with Crippen LogP contribution < -0.4 is 0 Å². The van der Waals surface area contributed by atoms with Crippen LogP contribution >= 0.6 is 15.9 Å². The number of hydrogen-bond acceptors (Lipinski definition) is 2. The van der Waals surface area contributed by atoms with E-state index in [2.05, 4.69) is 34.1 Å². The minimum absolute atomic E-state index is 0.0537. The summed E-state index contributed by atoms with van der Waals surface area (Å²) in [5.41, 5.74) is 2.68. The summed E-state index contributed by atoms with van der Waals surface area (Å²) in [7, 11) is 0. The largest absolute Gasteiger partial charge is 0.446 e. The topological polar surface area (TPSA) is 30.2 Å². The third kappa shape index (κ3) is 2.15. The molecule has 1 aliphatic rings. The van der Waals surface area contributed by atoms with Crippen LogP contribution in [0.4, 0.5) is 0 Å². The van der Waals surface area contributed by atoms with Gasteiger partial charge in [-0.2, -0.15) is 0 Å². The predicted molar refractivity (Wildman–Crippen MR) is 72.7 cm³/mol. The number of rotatable bonds is 2. The molecule has 3 heteroatoms. The molecule has 0 amide bonds. The van der Waals surface area contributed by atoms with Crippen LogP contribution in [0.3, 0.4) is 0 Å². The Morgan fingerprint density at radius 2 is 1.94 bits per heavy atom. The van der Waals surface area contributed by atoms with Gasteiger partial charge in [-0.1, -0.05) is 24.3 Å². The van der Waals surface area contributed by atoms with Gasteiger partial charge in [0, 0.05) is 5.92 Å². The van der Waals surface area contributed by atoms with Crippen molar-refractivity contribution in [2.45, 2.75) is 19.3 Å². The van der Waals surface area contributed by atoms with Gasteiger partial charge in [-0.05, 0) is 58.5 Å². The third-order valence-corrected chi connectivity index (χ3v) is 3.96. The summed E-state index contributed by atoms with van der Waals surface area (Å²) < 4.78 is 5.97. The minimum Gasteiger partial charge on any atom is -0.446 e. The lowest BCUT2D eigenvalue weighted by atomic mass is 9.81. The van der Waals surface area contributed by atoms with E-state index in [-0.39, 0.29) is 11.7 Å². The fourth-order valence-corrected chi connectivity index (χ4v) is 2.88. The smallest absolute Gasteiger partial charge is 0.201 e. The molecule has 2 nitrogen and oxygen atoms in total. The Morgan fingerprint density at radius 3 is 2.67 bits per heavy atom. The van der Waals surface area contributed by atoms with E-state index in [9.17, 15) is 4.79 Å². The first-order chi connectivity index (χ1) is 8.74. The summed E-state index contributed by atoms with van der Waals surface area (Å²) >= 11 is 3.23. The summed E-state index contributed by atoms with van der Waals surface area (Å²) in [6.45, 7) is 0. The molecule has 1 aromatic carbocycles. The molecule has 18 heavy (non-hydrogen) atoms. The van der Waals surface area contributed by atoms with E-state index in [0.29, 0.717) is 10.4 Å². The van der Waals surface area contributed by atoms with E-state index in [1.165, 1.54) is 11.1 Å². The highest BCUT2D eigenvalue weighted by molar-refractivity contribution is 9.10. The molecule has 0 fully saturated rings. The molecule has 0 spiro atoms. The van der Waals surface area contributed by atoms with Crippen molar-refractivity contribution < 1.29 is 9.21 Å². The molecule has 0 bridgehead atoms. The van der Waals surface area contributed by atoms with Gasteiger partial charge in [-0.3, -0.25) is 4.79 Å². The van der Waals surface area contributed by atoms with Crippen LogP contribution in [0.1, 0.15) is 28.1 Å². The van der Waals surface area contributed by atoms with Crippen LogP contribution in [0.25, 0.3) is 0 Å². The Kier molecular flexibility index (Phi) is 3.08. The fourth-order valence-electron chi connectivity index (χ4n) is 2.57. The number of ketones is 1. The quantitative estimate of drug-likeness (QED) is 0.784. The minimum atomic E-state index is 0.0537. The summed E-state index contributed by atoms with van der Waals surface area (Å²) in [4.78, 5) is 12.3. The van der Waals surface area contributed by atoms with Crippen LogP contribution in [0.2, 0.25) is 0 Å². The van der Waals surface area contributed by atoms with Crippen LogP contribution in [0.15, 0.2) is 45.5 Å². The average Bonchev–Trinajstić information content (AvgIpc) is 2.84. The Labute approximate surface area is 114 Å². The van der Waals surface area contributed by atoms with E-state index < -0.39 is 0 Å². The second-order valence-corrected chi connectivity index (χ2v) is 5.46. The maximum absolute atomic E-state index is 12.3. The van der Waals surface area contributed by atoms with Crippen molar-refractivity contribution in [3.63, 3.8) is 0 Å². The maximum atomic E-state index is 12.3. The van der Waals surface area contributed by atoms with E-state index in [4.69, 9.17) is 4.42 Å². The Bertz CT molecular complexity index is 586. The predicted octanol–water partition coefficient (Wildman–Crippen LogP) is 4.03. The van der Waals surface area contributed by atoms with Crippen LogP contribution in [0, 0.1) is 5.92 Å². The first-order valence-electron chi connectivity index (χ1n) is 6.10. The van der Waals surface area contributed by atoms with Gasteiger partial charge in [0.25, 0.3) is 0 Å². The van der Waals surface area contributed by atoms with Crippen molar-refractivity contribution >= 4 is 21.7 Å². The highest BCUT2D eigenvalue weighted by Gasteiger charge is 2.27. The van der Waals surface area contributed by atoms with E-state index in [1.54, 1.807) is 12.1 Å². The molecule has 0 saturated heterocycles. The van der Waals surface area contributed by atoms with Gasteiger partial charge in [0.15, 0.2) is 10.4 Å². The molecule has 1 atom stereocenters. The number of Topliss-reactive ketones (excluding diaryl/α,β-unsaturated/α-hetero) is 1. The molecule has 1 unspecified atom stereocenters. The summed E-state index contributed by atoms with van der Waals surface area (Å²) in [5, 5.41) is 0. The van der Waals surface area contributed by atoms with Crippen molar-refractivity contribution in [2.75, 3.05) is 0 Å². The lowest BCUT2D eigenvalue weighted by Crippen LogP contribution is -2.22. The molecule has 0 aliphatic heterocycles. The lowest BCUT2D eigenvalue weighted by Gasteiger charge is -2.22. The van der Waals surface area contributed by atoms with Crippen molar-refractivity contribution in [1.82, 2.24) is 0 Å². The highest BCUT2D eigenvalue weighted by atomic mass is 79.9. The zero-order chi connectivity index (χ0) is 12.5. The first-order valence-corrected chi connectivity index (χ1v) is 6.89. The summed E-state index contributed by atoms with van der Waals surface area (Å²) in [5.74, 6) is 0.638. The molecule has 0 radical (unpaired) electrons. The number of hydrogen-bond donors (Lipinski definition) is 0. The number of fused-ring (bicyclic) bond motifs is 1. The second-order valence-electron chi connectivity index (χ2n) is 4.68. The first kappa shape index (κ1) is 11.7. The van der Waals surface area contributed by atoms with Crippen molar-refractivity contribution in [3.05, 3.63) is 58.0 Å². The zero-order valence-electron chi connectivity index (χ0n) is 9.86. The Hall–Kier alpha value is -1.35. The number of halogens is 1. The molecule has 92 valence electrons. The van der Waals surface area contributed by atoms with Crippen molar-refractivity contribution in [3.8, 4) is 0 Å². The normalized spacial score (nSPS) is 18.4. The van der Waals surface area contributed by atoms with Crippen molar-refractivity contribution in [2.24, 2.45) is 5.92 Å². The maximum Gasteiger partial charge on any atom is 0.201 e. The van der Waals surface area contributed by atoms with Crippen LogP contribution in [-0.4, -0.2) is 5.78 Å². The fraction of sp³-hybridized carbons (Fsp3) is 0.267. The standard InChI is InChI=1S/C15H13BrO2/c16-14-8-7-13(18-14)15(17)12-6-5-10-3-1-2-4-11(10)9-12/h1-4,7-8,12H,5-6,9H2. The lowest BCUT2D eigenvalue weighted by molar-refractivity contribution is 0.0879. The molecule has 2 aromatic rings. The van der Waals surface area contributed by atoms with Gasteiger partial charge in [0.05, 0.1) is 0 Å². The Balaban J connectivity index is 1.82. The molecule has 1 heterocycles. The average molecular weight is 305 g/mol. The third-order valence-electron chi connectivity index (χ3n) is 3.53. The SMILES string of the molecule is O=C(c1ccc(Br)o1)C1CCc2ccccc2C1. The highest BCUT2D eigenvalue weighted by Crippen LogP contribution is 2.28. The summed E-state index contributed by atoms with van der Waals surface area (Å²) in [6, 6.07) is 11.9. The van der Waals surface area contributed by atoms with Gasteiger partial charge in [0.2, 0.25) is 5.78 Å². The molecule has 3 rings (SSSR count). The van der Waals surface area contributed by atoms with E-state index in [1.807, 2.05) is 6.07 Å². The van der Waals surface area contributed by atoms with Gasteiger partial charge in [0.1, 0.15) is 0 Å². The van der Waals surface area contributed by atoms with Crippen molar-refractivity contribution in [1.29, 1.82) is 0 Å². The van der Waals surface area contributed by atoms with Gasteiger partial charge in [-0.15, -0.1) is 0 Å². The number of benzene rings is 1. The van der Waals surface area contributed by atoms with Crippen LogP contribution in [0.5, 0.6) is 0 Å². The van der Waals surface area contributed by atoms with Gasteiger partial charge in [-0.25, -0.2) is 0 Å². The number of furan rings is 1. The molecule has 1 aliphatic carbocycles. The number of carbonyl (C=O) groups is 1. The molecular formula is C15H13BrO2. The van der Waals surface area contributed by atoms with Gasteiger partial charge < -0.3 is 4.42 Å². The summed E-state index contributed by atoms with van der Waals surface area (Å²) in [6.07, 6.45) is 2.72. The number of aryl methyl sites for hydroxylation is 1. The molecule has 0 saturated carbocycles. The van der Waals surface area contributed by atoms with Crippen LogP contribution in [-0.2, 0) is 12.8 Å². The Morgan fingerprint density at radius 1 is 1.17 bits per heavy atom. The van der Waals surface area contributed by atoms with Gasteiger partial charge >= 0.3 is 0 Å².